The van der Waals surface area contributed by atoms with E-state index in [0.717, 1.165) is 13.1 Å². The van der Waals surface area contributed by atoms with Crippen molar-refractivity contribution in [3.63, 3.8) is 0 Å². The maximum Gasteiger partial charge on any atom is 0.218 e. The molecule has 1 aromatic carbocycles. The molecule has 16 heavy (non-hydrogen) atoms. The third kappa shape index (κ3) is 2.61. The van der Waals surface area contributed by atoms with Crippen LogP contribution in [-0.4, -0.2) is 23.9 Å². The van der Waals surface area contributed by atoms with Gasteiger partial charge in [0.05, 0.1) is 0 Å². The molecule has 0 spiro atoms. The van der Waals surface area contributed by atoms with Gasteiger partial charge in [0.1, 0.15) is 0 Å². The summed E-state index contributed by atoms with van der Waals surface area (Å²) in [6.07, 6.45) is 2.85. The van der Waals surface area contributed by atoms with Gasteiger partial charge in [0.15, 0.2) is 0 Å². The number of carbonyl (C=O) groups excluding carboxylic acids is 1. The number of primary amides is 1. The number of nitrogens with zero attached hydrogens (tertiary/aromatic N) is 1. The van der Waals surface area contributed by atoms with E-state index in [0.29, 0.717) is 12.5 Å². The third-order valence-corrected chi connectivity index (χ3v) is 3.19. The number of amides is 1. The molecule has 0 saturated carbocycles. The Bertz CT molecular complexity index is 350. The second kappa shape index (κ2) is 5.12. The molecule has 1 aliphatic heterocycles. The first-order chi connectivity index (χ1) is 7.77. The van der Waals surface area contributed by atoms with Crippen LogP contribution in [0.15, 0.2) is 30.3 Å². The first-order valence-corrected chi connectivity index (χ1v) is 5.84. The van der Waals surface area contributed by atoms with E-state index >= 15 is 0 Å². The van der Waals surface area contributed by atoms with Crippen molar-refractivity contribution in [3.05, 3.63) is 35.9 Å². The van der Waals surface area contributed by atoms with E-state index in [4.69, 9.17) is 5.73 Å². The van der Waals surface area contributed by atoms with Crippen LogP contribution in [0.1, 0.15) is 30.9 Å². The highest BCUT2D eigenvalue weighted by atomic mass is 16.1. The van der Waals surface area contributed by atoms with Crippen molar-refractivity contribution >= 4 is 5.91 Å². The van der Waals surface area contributed by atoms with E-state index in [1.807, 2.05) is 6.07 Å². The fourth-order valence-corrected chi connectivity index (χ4v) is 2.40. The molecule has 1 aliphatic rings. The van der Waals surface area contributed by atoms with Crippen molar-refractivity contribution in [2.24, 2.45) is 5.73 Å². The maximum absolute atomic E-state index is 10.8. The van der Waals surface area contributed by atoms with Crippen molar-refractivity contribution in [2.45, 2.75) is 25.3 Å². The maximum atomic E-state index is 10.8. The Hall–Kier alpha value is -1.35. The summed E-state index contributed by atoms with van der Waals surface area (Å²) in [5, 5.41) is 0. The fraction of sp³-hybridized carbons (Fsp3) is 0.462. The zero-order chi connectivity index (χ0) is 11.4. The molecule has 3 heteroatoms. The Kier molecular flexibility index (Phi) is 3.57. The van der Waals surface area contributed by atoms with Gasteiger partial charge in [-0.1, -0.05) is 30.3 Å². The second-order valence-electron chi connectivity index (χ2n) is 4.32. The minimum atomic E-state index is -0.210. The second-order valence-corrected chi connectivity index (χ2v) is 4.32. The predicted octanol–water partition coefficient (Wildman–Crippen LogP) is 1.70. The van der Waals surface area contributed by atoms with E-state index in [9.17, 15) is 4.79 Å². The lowest BCUT2D eigenvalue weighted by atomic mass is 10.0. The molecule has 86 valence electrons. The van der Waals surface area contributed by atoms with Gasteiger partial charge >= 0.3 is 0 Å². The van der Waals surface area contributed by atoms with Crippen molar-refractivity contribution in [1.82, 2.24) is 4.90 Å². The molecule has 0 radical (unpaired) electrons. The summed E-state index contributed by atoms with van der Waals surface area (Å²) in [5.41, 5.74) is 6.54. The zero-order valence-corrected chi connectivity index (χ0v) is 9.43. The van der Waals surface area contributed by atoms with Gasteiger partial charge in [-0.15, -0.1) is 0 Å². The molecule has 2 rings (SSSR count). The summed E-state index contributed by atoms with van der Waals surface area (Å²) in [6.45, 7) is 1.86. The summed E-state index contributed by atoms with van der Waals surface area (Å²) >= 11 is 0. The summed E-state index contributed by atoms with van der Waals surface area (Å²) < 4.78 is 0. The van der Waals surface area contributed by atoms with Gasteiger partial charge in [0.25, 0.3) is 0 Å². The van der Waals surface area contributed by atoms with Crippen molar-refractivity contribution < 1.29 is 4.79 Å². The van der Waals surface area contributed by atoms with Crippen LogP contribution < -0.4 is 5.73 Å². The van der Waals surface area contributed by atoms with Crippen LogP contribution in [0.4, 0.5) is 0 Å². The van der Waals surface area contributed by atoms with Crippen molar-refractivity contribution in [2.75, 3.05) is 13.1 Å². The minimum Gasteiger partial charge on any atom is -0.370 e. The zero-order valence-electron chi connectivity index (χ0n) is 9.43. The van der Waals surface area contributed by atoms with Gasteiger partial charge in [0.2, 0.25) is 5.91 Å². The number of nitrogens with two attached hydrogens (primary N) is 1. The number of carbonyl (C=O) groups is 1. The summed E-state index contributed by atoms with van der Waals surface area (Å²) in [7, 11) is 0. The van der Waals surface area contributed by atoms with E-state index in [1.54, 1.807) is 0 Å². The monoisotopic (exact) mass is 218 g/mol. The predicted molar refractivity (Wildman–Crippen MR) is 63.8 cm³/mol. The van der Waals surface area contributed by atoms with Crippen LogP contribution in [0.25, 0.3) is 0 Å². The van der Waals surface area contributed by atoms with E-state index in [-0.39, 0.29) is 5.91 Å². The lowest BCUT2D eigenvalue weighted by molar-refractivity contribution is -0.118. The Morgan fingerprint density at radius 2 is 2.12 bits per heavy atom. The first kappa shape index (κ1) is 11.1. The molecule has 0 aliphatic carbocycles. The highest BCUT2D eigenvalue weighted by molar-refractivity contribution is 5.73. The molecule has 1 fully saturated rings. The van der Waals surface area contributed by atoms with Gasteiger partial charge in [-0.05, 0) is 24.9 Å². The van der Waals surface area contributed by atoms with Crippen molar-refractivity contribution in [3.8, 4) is 0 Å². The van der Waals surface area contributed by atoms with Crippen LogP contribution in [0.2, 0.25) is 0 Å². The molecule has 1 saturated heterocycles. The molecule has 2 N–H and O–H groups in total. The quantitative estimate of drug-likeness (QED) is 0.836. The largest absolute Gasteiger partial charge is 0.370 e. The molecule has 0 bridgehead atoms. The average molecular weight is 218 g/mol. The summed E-state index contributed by atoms with van der Waals surface area (Å²) in [5.74, 6) is -0.210. The van der Waals surface area contributed by atoms with Crippen LogP contribution >= 0.6 is 0 Å². The Balaban J connectivity index is 2.01. The topological polar surface area (TPSA) is 46.3 Å². The number of rotatable bonds is 4. The molecule has 1 heterocycles. The van der Waals surface area contributed by atoms with Gasteiger partial charge < -0.3 is 5.73 Å². The minimum absolute atomic E-state index is 0.210. The first-order valence-electron chi connectivity index (χ1n) is 5.84. The third-order valence-electron chi connectivity index (χ3n) is 3.19. The van der Waals surface area contributed by atoms with Gasteiger partial charge in [-0.25, -0.2) is 0 Å². The summed E-state index contributed by atoms with van der Waals surface area (Å²) in [6, 6.07) is 11.0. The van der Waals surface area contributed by atoms with Gasteiger partial charge in [-0.3, -0.25) is 9.69 Å². The highest BCUT2D eigenvalue weighted by Gasteiger charge is 2.25. The van der Waals surface area contributed by atoms with Crippen LogP contribution in [0.5, 0.6) is 0 Å². The van der Waals surface area contributed by atoms with Crippen LogP contribution in [0, 0.1) is 0 Å². The molecule has 3 nitrogen and oxygen atoms in total. The Morgan fingerprint density at radius 3 is 2.81 bits per heavy atom. The lowest BCUT2D eigenvalue weighted by Crippen LogP contribution is -2.27. The Morgan fingerprint density at radius 1 is 1.38 bits per heavy atom. The standard InChI is InChI=1S/C13H18N2O/c14-13(16)8-10-15-9-4-7-12(15)11-5-2-1-3-6-11/h1-3,5-6,12H,4,7-10H2,(H2,14,16)/t12-/m0/s1. The molecule has 0 unspecified atom stereocenters. The van der Waals surface area contributed by atoms with Crippen LogP contribution in [0.3, 0.4) is 0 Å². The SMILES string of the molecule is NC(=O)CCN1CCC[C@H]1c1ccccc1. The molecule has 1 amide bonds. The van der Waals surface area contributed by atoms with Crippen molar-refractivity contribution in [1.29, 1.82) is 0 Å². The smallest absolute Gasteiger partial charge is 0.218 e. The molecule has 1 atom stereocenters. The normalized spacial score (nSPS) is 21.1. The van der Waals surface area contributed by atoms with E-state index in [2.05, 4.69) is 29.2 Å². The Labute approximate surface area is 96.2 Å². The molecular weight excluding hydrogens is 200 g/mol. The van der Waals surface area contributed by atoms with E-state index in [1.165, 1.54) is 18.4 Å². The number of benzene rings is 1. The lowest BCUT2D eigenvalue weighted by Gasteiger charge is -2.24. The molecule has 1 aromatic rings. The van der Waals surface area contributed by atoms with Crippen LogP contribution in [-0.2, 0) is 4.79 Å². The number of hydrogen-bond acceptors (Lipinski definition) is 2. The number of likely N-dealkylation sites (tertiary alicyclic amines) is 1. The molecular formula is C13H18N2O. The number of hydrogen-bond donors (Lipinski definition) is 1. The average Bonchev–Trinajstić information content (AvgIpc) is 2.75. The van der Waals surface area contributed by atoms with Gasteiger partial charge in [0, 0.05) is 19.0 Å². The van der Waals surface area contributed by atoms with E-state index < -0.39 is 0 Å². The highest BCUT2D eigenvalue weighted by Crippen LogP contribution is 2.31. The van der Waals surface area contributed by atoms with Gasteiger partial charge in [-0.2, -0.15) is 0 Å². The summed E-state index contributed by atoms with van der Waals surface area (Å²) in [4.78, 5) is 13.2. The molecule has 0 aromatic heterocycles. The fourth-order valence-electron chi connectivity index (χ4n) is 2.40.